The highest BCUT2D eigenvalue weighted by Gasteiger charge is 2.27. The average Bonchev–Trinajstić information content (AvgIpc) is 2.72. The van der Waals surface area contributed by atoms with Crippen LogP contribution in [0.2, 0.25) is 0 Å². The number of ether oxygens (including phenoxy) is 3. The van der Waals surface area contributed by atoms with Crippen LogP contribution < -0.4 is 14.8 Å². The predicted octanol–water partition coefficient (Wildman–Crippen LogP) is 3.23. The van der Waals surface area contributed by atoms with E-state index in [2.05, 4.69) is 10.1 Å². The molecule has 0 fully saturated rings. The maximum Gasteiger partial charge on any atom is 0.337 e. The van der Waals surface area contributed by atoms with Crippen molar-refractivity contribution in [3.8, 4) is 11.5 Å². The Bertz CT molecular complexity index is 860. The Hall–Kier alpha value is -3.35. The maximum atomic E-state index is 12.7. The van der Waals surface area contributed by atoms with Gasteiger partial charge in [-0.15, -0.1) is 0 Å². The minimum Gasteiger partial charge on any atom is -0.493 e. The van der Waals surface area contributed by atoms with Gasteiger partial charge in [0.05, 0.1) is 24.8 Å². The summed E-state index contributed by atoms with van der Waals surface area (Å²) in [6.07, 6.45) is 0. The lowest BCUT2D eigenvalue weighted by atomic mass is 10.0. The lowest BCUT2D eigenvalue weighted by Gasteiger charge is -2.21. The van der Waals surface area contributed by atoms with E-state index in [0.717, 1.165) is 0 Å². The molecule has 1 N–H and O–H groups in total. The van der Waals surface area contributed by atoms with Gasteiger partial charge in [-0.05, 0) is 49.2 Å². The molecule has 0 aliphatic heterocycles. The molecule has 0 unspecified atom stereocenters. The lowest BCUT2D eigenvalue weighted by Crippen LogP contribution is -2.46. The van der Waals surface area contributed by atoms with Gasteiger partial charge in [-0.1, -0.05) is 26.0 Å². The summed E-state index contributed by atoms with van der Waals surface area (Å²) in [5.41, 5.74) is 0.684. The first kappa shape index (κ1) is 21.9. The molecule has 1 atom stereocenters. The molecule has 2 aromatic carbocycles. The molecule has 0 aliphatic carbocycles. The van der Waals surface area contributed by atoms with Gasteiger partial charge >= 0.3 is 11.9 Å². The molecule has 0 spiro atoms. The minimum atomic E-state index is -0.863. The lowest BCUT2D eigenvalue weighted by molar-refractivity contribution is -0.137. The quantitative estimate of drug-likeness (QED) is 0.541. The van der Waals surface area contributed by atoms with E-state index in [1.54, 1.807) is 38.1 Å². The van der Waals surface area contributed by atoms with E-state index in [-0.39, 0.29) is 11.7 Å². The zero-order valence-electron chi connectivity index (χ0n) is 16.9. The summed E-state index contributed by atoms with van der Waals surface area (Å²) in [6.45, 7) is 5.86. The van der Waals surface area contributed by atoms with Crippen molar-refractivity contribution < 1.29 is 28.6 Å². The number of nitrogens with one attached hydrogen (secondary N) is 1. The van der Waals surface area contributed by atoms with E-state index in [0.29, 0.717) is 23.5 Å². The van der Waals surface area contributed by atoms with Crippen molar-refractivity contribution in [3.05, 3.63) is 59.7 Å². The van der Waals surface area contributed by atoms with Crippen molar-refractivity contribution in [3.63, 3.8) is 0 Å². The number of esters is 2. The summed E-state index contributed by atoms with van der Waals surface area (Å²) >= 11 is 0. The Morgan fingerprint density at radius 2 is 1.66 bits per heavy atom. The SMILES string of the molecule is CCOc1ccccc1C(=O)N[C@@H](C(=O)Oc1ccc(C(=O)OC)cc1)C(C)C. The van der Waals surface area contributed by atoms with Gasteiger partial charge in [0.25, 0.3) is 5.91 Å². The molecular weight excluding hydrogens is 374 g/mol. The van der Waals surface area contributed by atoms with E-state index < -0.39 is 23.9 Å². The Kier molecular flexibility index (Phi) is 7.77. The number of carbonyl (C=O) groups is 3. The van der Waals surface area contributed by atoms with Crippen LogP contribution in [-0.2, 0) is 9.53 Å². The van der Waals surface area contributed by atoms with Crippen LogP contribution in [0.4, 0.5) is 0 Å². The van der Waals surface area contributed by atoms with Crippen LogP contribution in [0.1, 0.15) is 41.5 Å². The fourth-order valence-corrected chi connectivity index (χ4v) is 2.61. The molecule has 0 saturated carbocycles. The number of amides is 1. The molecule has 1 amide bonds. The Morgan fingerprint density at radius 3 is 2.24 bits per heavy atom. The standard InChI is InChI=1S/C22H25NO6/c1-5-28-18-9-7-6-8-17(18)20(24)23-19(14(2)3)22(26)29-16-12-10-15(11-13-16)21(25)27-4/h6-14,19H,5H2,1-4H3,(H,23,24)/t19-/m1/s1. The van der Waals surface area contributed by atoms with Crippen LogP contribution >= 0.6 is 0 Å². The van der Waals surface area contributed by atoms with E-state index in [4.69, 9.17) is 9.47 Å². The summed E-state index contributed by atoms with van der Waals surface area (Å²) in [6, 6.07) is 11.9. The summed E-state index contributed by atoms with van der Waals surface area (Å²) in [5.74, 6) is -1.01. The van der Waals surface area contributed by atoms with Gasteiger partial charge in [-0.3, -0.25) is 4.79 Å². The van der Waals surface area contributed by atoms with Gasteiger partial charge in [0.15, 0.2) is 0 Å². The zero-order chi connectivity index (χ0) is 21.4. The van der Waals surface area contributed by atoms with Crippen molar-refractivity contribution in [1.82, 2.24) is 5.32 Å². The van der Waals surface area contributed by atoms with Crippen LogP contribution in [0.3, 0.4) is 0 Å². The van der Waals surface area contributed by atoms with Gasteiger partial charge in [-0.25, -0.2) is 9.59 Å². The third-order valence-corrected chi connectivity index (χ3v) is 4.13. The maximum absolute atomic E-state index is 12.7. The number of para-hydroxylation sites is 1. The number of hydrogen-bond acceptors (Lipinski definition) is 6. The number of carbonyl (C=O) groups excluding carboxylic acids is 3. The Labute approximate surface area is 170 Å². The molecule has 0 aliphatic rings. The largest absolute Gasteiger partial charge is 0.493 e. The highest BCUT2D eigenvalue weighted by molar-refractivity contribution is 5.99. The van der Waals surface area contributed by atoms with Crippen molar-refractivity contribution >= 4 is 17.8 Å². The molecule has 0 heterocycles. The fourth-order valence-electron chi connectivity index (χ4n) is 2.61. The summed E-state index contributed by atoms with van der Waals surface area (Å²) in [4.78, 5) is 36.8. The van der Waals surface area contributed by atoms with Crippen LogP contribution in [0.25, 0.3) is 0 Å². The average molecular weight is 399 g/mol. The van der Waals surface area contributed by atoms with E-state index in [9.17, 15) is 14.4 Å². The Morgan fingerprint density at radius 1 is 1.00 bits per heavy atom. The topological polar surface area (TPSA) is 90.9 Å². The first-order chi connectivity index (χ1) is 13.9. The first-order valence-electron chi connectivity index (χ1n) is 9.30. The van der Waals surface area contributed by atoms with E-state index in [1.807, 2.05) is 6.92 Å². The van der Waals surface area contributed by atoms with Crippen molar-refractivity contribution in [2.75, 3.05) is 13.7 Å². The summed E-state index contributed by atoms with van der Waals surface area (Å²) < 4.78 is 15.5. The fraction of sp³-hybridized carbons (Fsp3) is 0.318. The summed E-state index contributed by atoms with van der Waals surface area (Å²) in [5, 5.41) is 2.72. The van der Waals surface area contributed by atoms with Crippen LogP contribution in [-0.4, -0.2) is 37.6 Å². The normalized spacial score (nSPS) is 11.5. The highest BCUT2D eigenvalue weighted by atomic mass is 16.5. The molecule has 2 aromatic rings. The molecule has 0 aromatic heterocycles. The zero-order valence-corrected chi connectivity index (χ0v) is 16.9. The van der Waals surface area contributed by atoms with Gasteiger partial charge in [-0.2, -0.15) is 0 Å². The number of rotatable bonds is 8. The molecule has 2 rings (SSSR count). The molecule has 29 heavy (non-hydrogen) atoms. The monoisotopic (exact) mass is 399 g/mol. The molecular formula is C22H25NO6. The number of benzene rings is 2. The molecule has 154 valence electrons. The van der Waals surface area contributed by atoms with Crippen LogP contribution in [0.15, 0.2) is 48.5 Å². The molecule has 7 nitrogen and oxygen atoms in total. The second kappa shape index (κ2) is 10.3. The van der Waals surface area contributed by atoms with Crippen molar-refractivity contribution in [2.45, 2.75) is 26.8 Å². The number of methoxy groups -OCH3 is 1. The van der Waals surface area contributed by atoms with Gasteiger partial charge < -0.3 is 19.5 Å². The van der Waals surface area contributed by atoms with E-state index >= 15 is 0 Å². The molecule has 7 heteroatoms. The van der Waals surface area contributed by atoms with Crippen LogP contribution in [0.5, 0.6) is 11.5 Å². The minimum absolute atomic E-state index is 0.208. The molecule has 0 bridgehead atoms. The van der Waals surface area contributed by atoms with E-state index in [1.165, 1.54) is 31.4 Å². The third-order valence-electron chi connectivity index (χ3n) is 4.13. The van der Waals surface area contributed by atoms with Gasteiger partial charge in [0, 0.05) is 0 Å². The van der Waals surface area contributed by atoms with Crippen molar-refractivity contribution in [2.24, 2.45) is 5.92 Å². The highest BCUT2D eigenvalue weighted by Crippen LogP contribution is 2.19. The smallest absolute Gasteiger partial charge is 0.337 e. The second-order valence-corrected chi connectivity index (χ2v) is 6.56. The first-order valence-corrected chi connectivity index (χ1v) is 9.30. The number of hydrogen-bond donors (Lipinski definition) is 1. The van der Waals surface area contributed by atoms with Crippen molar-refractivity contribution in [1.29, 1.82) is 0 Å². The predicted molar refractivity (Wildman–Crippen MR) is 107 cm³/mol. The van der Waals surface area contributed by atoms with Gasteiger partial charge in [0.2, 0.25) is 0 Å². The molecule has 0 saturated heterocycles. The summed E-state index contributed by atoms with van der Waals surface area (Å²) in [7, 11) is 1.29. The second-order valence-electron chi connectivity index (χ2n) is 6.56. The third kappa shape index (κ3) is 5.81. The molecule has 0 radical (unpaired) electrons. The Balaban J connectivity index is 2.12. The van der Waals surface area contributed by atoms with Gasteiger partial charge in [0.1, 0.15) is 17.5 Å². The van der Waals surface area contributed by atoms with Crippen LogP contribution in [0, 0.1) is 5.92 Å².